The molecule has 0 saturated carbocycles. The third-order valence-corrected chi connectivity index (χ3v) is 0.906. The second kappa shape index (κ2) is 5.27. The molecule has 1 N–H and O–H groups in total. The fourth-order valence-electron chi connectivity index (χ4n) is 0.427. The van der Waals surface area contributed by atoms with Crippen LogP contribution in [0.3, 0.4) is 0 Å². The van der Waals surface area contributed by atoms with Gasteiger partial charge in [-0.25, -0.2) is 0 Å². The van der Waals surface area contributed by atoms with Crippen LogP contribution in [0.5, 0.6) is 0 Å². The van der Waals surface area contributed by atoms with Crippen molar-refractivity contribution in [1.29, 1.82) is 0 Å². The third kappa shape index (κ3) is 3.49. The number of carbonyl (C=O) groups is 1. The summed E-state index contributed by atoms with van der Waals surface area (Å²) in [5.41, 5.74) is 0. The quantitative estimate of drug-likeness (QED) is 0.661. The lowest BCUT2D eigenvalue weighted by Crippen LogP contribution is -2.12. The van der Waals surface area contributed by atoms with Crippen molar-refractivity contribution in [3.63, 3.8) is 0 Å². The second-order valence-electron chi connectivity index (χ2n) is 1.62. The fraction of sp³-hybridized carbons (Fsp3) is 0.875. The van der Waals surface area contributed by atoms with E-state index in [-0.39, 0.29) is 0 Å². The predicted octanol–water partition coefficient (Wildman–Crippen LogP) is 2.29. The van der Waals surface area contributed by atoms with Crippen LogP contribution in [0.2, 0.25) is 0 Å². The van der Waals surface area contributed by atoms with Gasteiger partial charge in [-0.05, 0) is 12.8 Å². The Bertz CT molecular complexity index is 366. The summed E-state index contributed by atoms with van der Waals surface area (Å²) in [6.07, 6.45) is -8.86. The average molecular weight is 155 g/mol. The van der Waals surface area contributed by atoms with Crippen molar-refractivity contribution in [2.75, 3.05) is 0 Å². The van der Waals surface area contributed by atoms with Gasteiger partial charge in [0.25, 0.3) is 0 Å². The van der Waals surface area contributed by atoms with Crippen LogP contribution in [0.4, 0.5) is 0 Å². The molecule has 2 heteroatoms. The Morgan fingerprint density at radius 2 is 2.20 bits per heavy atom. The highest BCUT2D eigenvalue weighted by Gasteiger charge is 2.13. The Balaban J connectivity index is 5.55. The van der Waals surface area contributed by atoms with E-state index in [1.807, 2.05) is 0 Å². The van der Waals surface area contributed by atoms with E-state index >= 15 is 0 Å². The standard InChI is InChI=1S/C8H16O2/c1-3-5-7(6-4-2)8(9)10/h7H,3-6H2,1-2H3,(H,9,10)/i1D3,2D3,3D2,4D2,7D. The Kier molecular flexibility index (Phi) is 0.945. The molecule has 0 radical (unpaired) electrons. The highest BCUT2D eigenvalue weighted by atomic mass is 16.4. The number of rotatable bonds is 5. The summed E-state index contributed by atoms with van der Waals surface area (Å²) in [7, 11) is 0. The van der Waals surface area contributed by atoms with Crippen molar-refractivity contribution in [2.45, 2.75) is 39.3 Å². The van der Waals surface area contributed by atoms with Crippen LogP contribution < -0.4 is 0 Å². The van der Waals surface area contributed by atoms with Crippen molar-refractivity contribution in [1.82, 2.24) is 0 Å². The SMILES string of the molecule is [2H]C(CC([2H])([2H])C([2H])([2H])[2H])(CC([2H])([2H])C([2H])([2H])[2H])C(=O)O. The van der Waals surface area contributed by atoms with Crippen LogP contribution in [0, 0.1) is 5.89 Å². The fourth-order valence-corrected chi connectivity index (χ4v) is 0.427. The van der Waals surface area contributed by atoms with Gasteiger partial charge in [-0.3, -0.25) is 4.79 Å². The van der Waals surface area contributed by atoms with E-state index in [1.165, 1.54) is 0 Å². The largest absolute Gasteiger partial charge is 0.481 e. The number of hydrogen-bond donors (Lipinski definition) is 1. The predicted molar refractivity (Wildman–Crippen MR) is 40.9 cm³/mol. The molecule has 0 aromatic carbocycles. The first-order chi connectivity index (χ1) is 8.86. The molecule has 0 saturated heterocycles. The van der Waals surface area contributed by atoms with Gasteiger partial charge in [0.2, 0.25) is 0 Å². The van der Waals surface area contributed by atoms with E-state index in [2.05, 4.69) is 0 Å². The summed E-state index contributed by atoms with van der Waals surface area (Å²) < 4.78 is 79.0. The first-order valence-electron chi connectivity index (χ1n) is 8.09. The zero-order valence-corrected chi connectivity index (χ0v) is 5.27. The molecule has 0 spiro atoms. The maximum atomic E-state index is 11.1. The molecule has 0 rings (SSSR count). The number of carboxylic acid groups (broad SMARTS) is 1. The van der Waals surface area contributed by atoms with Crippen molar-refractivity contribution < 1.29 is 25.0 Å². The topological polar surface area (TPSA) is 37.3 Å². The Labute approximate surface area is 77.7 Å². The van der Waals surface area contributed by atoms with Gasteiger partial charge in [0.1, 0.15) is 0 Å². The van der Waals surface area contributed by atoms with E-state index in [9.17, 15) is 4.79 Å². The Morgan fingerprint density at radius 3 is 2.50 bits per heavy atom. The van der Waals surface area contributed by atoms with Gasteiger partial charge in [0.15, 0.2) is 0 Å². The number of hydrogen-bond acceptors (Lipinski definition) is 1. The smallest absolute Gasteiger partial charge is 0.306 e. The highest BCUT2D eigenvalue weighted by Crippen LogP contribution is 2.12. The lowest BCUT2D eigenvalue weighted by molar-refractivity contribution is -0.142. The minimum absolute atomic E-state index is 1.36. The van der Waals surface area contributed by atoms with Crippen molar-refractivity contribution in [3.8, 4) is 0 Å². The van der Waals surface area contributed by atoms with E-state index in [0.29, 0.717) is 0 Å². The zero-order chi connectivity index (χ0) is 17.5. The van der Waals surface area contributed by atoms with Gasteiger partial charge < -0.3 is 5.11 Å². The Morgan fingerprint density at radius 1 is 1.70 bits per heavy atom. The first kappa shape index (κ1) is 1.79. The molecule has 0 aromatic rings. The molecule has 0 aliphatic heterocycles. The van der Waals surface area contributed by atoms with Gasteiger partial charge >= 0.3 is 5.97 Å². The molecule has 0 atom stereocenters. The number of carboxylic acids is 1. The van der Waals surface area contributed by atoms with Crippen molar-refractivity contribution in [3.05, 3.63) is 0 Å². The van der Waals surface area contributed by atoms with E-state index in [4.69, 9.17) is 20.2 Å². The summed E-state index contributed by atoms with van der Waals surface area (Å²) in [6.45, 7) is -6.44. The maximum Gasteiger partial charge on any atom is 0.306 e. The van der Waals surface area contributed by atoms with Crippen LogP contribution in [-0.4, -0.2) is 11.1 Å². The summed E-state index contributed by atoms with van der Waals surface area (Å²) in [5.74, 6) is -4.90. The monoisotopic (exact) mass is 155 g/mol. The normalized spacial score (nSPS) is 33.0. The average Bonchev–Trinajstić information content (AvgIpc) is 2.10. The second-order valence-corrected chi connectivity index (χ2v) is 1.62. The van der Waals surface area contributed by atoms with Gasteiger partial charge in [-0.15, -0.1) is 0 Å². The van der Waals surface area contributed by atoms with Crippen LogP contribution in [-0.2, 0) is 4.79 Å². The van der Waals surface area contributed by atoms with E-state index < -0.39 is 51.2 Å². The van der Waals surface area contributed by atoms with Crippen LogP contribution in [0.1, 0.15) is 54.4 Å². The molecule has 10 heavy (non-hydrogen) atoms. The molecule has 0 fully saturated rings. The summed E-state index contributed by atoms with van der Waals surface area (Å²) in [4.78, 5) is 11.1. The van der Waals surface area contributed by atoms with E-state index in [0.717, 1.165) is 0 Å². The number of aliphatic carboxylic acids is 1. The maximum absolute atomic E-state index is 11.1. The lowest BCUT2D eigenvalue weighted by atomic mass is 9.99. The lowest BCUT2D eigenvalue weighted by Gasteiger charge is -2.07. The van der Waals surface area contributed by atoms with Crippen molar-refractivity contribution >= 4 is 5.97 Å². The van der Waals surface area contributed by atoms with Crippen LogP contribution >= 0.6 is 0 Å². The Hall–Kier alpha value is -0.530. The molecule has 0 aromatic heterocycles. The third-order valence-electron chi connectivity index (χ3n) is 0.906. The molecule has 0 aliphatic carbocycles. The molecular weight excluding hydrogens is 128 g/mol. The molecule has 60 valence electrons. The minimum atomic E-state index is -3.22. The zero-order valence-electron chi connectivity index (χ0n) is 16.3. The van der Waals surface area contributed by atoms with Gasteiger partial charge in [0, 0.05) is 15.1 Å². The van der Waals surface area contributed by atoms with Crippen molar-refractivity contribution in [2.24, 2.45) is 5.89 Å². The molecule has 0 aliphatic rings. The molecule has 0 unspecified atom stereocenters. The van der Waals surface area contributed by atoms with Gasteiger partial charge in [-0.1, -0.05) is 26.4 Å². The summed E-state index contributed by atoms with van der Waals surface area (Å²) in [6, 6.07) is 0. The minimum Gasteiger partial charge on any atom is -0.481 e. The van der Waals surface area contributed by atoms with E-state index in [1.54, 1.807) is 0 Å². The van der Waals surface area contributed by atoms with Crippen LogP contribution in [0.25, 0.3) is 0 Å². The van der Waals surface area contributed by atoms with Gasteiger partial charge in [-0.2, -0.15) is 0 Å². The molecular formula is C8H16O2. The summed E-state index contributed by atoms with van der Waals surface area (Å²) >= 11 is 0. The first-order valence-corrected chi connectivity index (χ1v) is 2.59. The molecule has 2 nitrogen and oxygen atoms in total. The van der Waals surface area contributed by atoms with Crippen LogP contribution in [0.15, 0.2) is 0 Å². The van der Waals surface area contributed by atoms with Gasteiger partial charge in [0.05, 0.1) is 5.89 Å². The summed E-state index contributed by atoms with van der Waals surface area (Å²) in [5, 5.41) is 9.00. The highest BCUT2D eigenvalue weighted by molar-refractivity contribution is 5.69. The molecule has 0 amide bonds. The molecule has 0 heterocycles. The molecule has 0 bridgehead atoms.